The molecule has 0 fully saturated rings. The molecule has 0 rings (SSSR count). The van der Waals surface area contributed by atoms with Gasteiger partial charge in [0.1, 0.15) is 0 Å². The summed E-state index contributed by atoms with van der Waals surface area (Å²) in [6.45, 7) is 1.89. The van der Waals surface area contributed by atoms with Crippen LogP contribution < -0.4 is 0 Å². The molecular formula is C2H6ClNa. The maximum absolute atomic E-state index is 5.00. The van der Waals surface area contributed by atoms with Crippen molar-refractivity contribution in [3.05, 3.63) is 0 Å². The summed E-state index contributed by atoms with van der Waals surface area (Å²) in [5.74, 6) is 0.722. The molecule has 0 aliphatic carbocycles. The third-order valence-electron chi connectivity index (χ3n) is 0. The van der Waals surface area contributed by atoms with Crippen molar-refractivity contribution in [3.63, 3.8) is 0 Å². The van der Waals surface area contributed by atoms with Gasteiger partial charge < -0.3 is 0 Å². The number of rotatable bonds is 0. The number of hydrogen-bond acceptors (Lipinski definition) is 0. The van der Waals surface area contributed by atoms with Crippen LogP contribution in [0, 0.1) is 0 Å². The summed E-state index contributed by atoms with van der Waals surface area (Å²) in [6.07, 6.45) is 0. The third-order valence-corrected chi connectivity index (χ3v) is 0. The monoisotopic (exact) mass is 88.0 g/mol. The zero-order chi connectivity index (χ0) is 2.71. The second kappa shape index (κ2) is 8.85. The first kappa shape index (κ1) is 8.99. The van der Waals surface area contributed by atoms with E-state index in [0.29, 0.717) is 0 Å². The molecule has 0 bridgehead atoms. The maximum atomic E-state index is 5.00. The Hall–Kier alpha value is 1.29. The summed E-state index contributed by atoms with van der Waals surface area (Å²) in [5, 5.41) is 0. The van der Waals surface area contributed by atoms with Crippen molar-refractivity contribution in [1.82, 2.24) is 0 Å². The SMILES string of the molecule is CCCl.[NaH]. The number of hydrogen-bond donors (Lipinski definition) is 0. The molecular weight excluding hydrogens is 82.5 g/mol. The quantitative estimate of drug-likeness (QED) is 0.300. The average Bonchev–Trinajstić information content (AvgIpc) is 0.918. The van der Waals surface area contributed by atoms with E-state index in [-0.39, 0.29) is 29.6 Å². The van der Waals surface area contributed by atoms with Crippen LogP contribution in [0.15, 0.2) is 0 Å². The molecule has 0 heterocycles. The van der Waals surface area contributed by atoms with Gasteiger partial charge in [-0.1, -0.05) is 6.92 Å². The first-order chi connectivity index (χ1) is 1.41. The Morgan fingerprint density at radius 1 is 1.75 bits per heavy atom. The third kappa shape index (κ3) is 10.4. The predicted molar refractivity (Wildman–Crippen MR) is 23.5 cm³/mol. The van der Waals surface area contributed by atoms with E-state index >= 15 is 0 Å². The Morgan fingerprint density at radius 3 is 1.75 bits per heavy atom. The minimum absolute atomic E-state index is 0. The van der Waals surface area contributed by atoms with Crippen molar-refractivity contribution in [3.8, 4) is 0 Å². The van der Waals surface area contributed by atoms with Gasteiger partial charge in [-0.05, 0) is 0 Å². The molecule has 0 amide bonds. The predicted octanol–water partition coefficient (Wildman–Crippen LogP) is 0.597. The molecule has 0 unspecified atom stereocenters. The fourth-order valence-electron chi connectivity index (χ4n) is 0. The molecule has 4 heavy (non-hydrogen) atoms. The van der Waals surface area contributed by atoms with Gasteiger partial charge in [-0.2, -0.15) is 0 Å². The standard InChI is InChI=1S/C2H5Cl.Na.H/c1-2-3;;/h2H2,1H3;;. The summed E-state index contributed by atoms with van der Waals surface area (Å²) in [6, 6.07) is 0. The molecule has 0 nitrogen and oxygen atoms in total. The van der Waals surface area contributed by atoms with Crippen molar-refractivity contribution >= 4 is 41.2 Å². The first-order valence-corrected chi connectivity index (χ1v) is 1.51. The second-order valence-corrected chi connectivity index (χ2v) is 0.802. The van der Waals surface area contributed by atoms with E-state index in [1.54, 1.807) is 0 Å². The van der Waals surface area contributed by atoms with Crippen molar-refractivity contribution in [1.29, 1.82) is 0 Å². The second-order valence-electron chi connectivity index (χ2n) is 0.267. The van der Waals surface area contributed by atoms with E-state index in [1.807, 2.05) is 6.92 Å². The van der Waals surface area contributed by atoms with Gasteiger partial charge in [0.15, 0.2) is 0 Å². The summed E-state index contributed by atoms with van der Waals surface area (Å²) in [7, 11) is 0. The molecule has 0 spiro atoms. The van der Waals surface area contributed by atoms with E-state index < -0.39 is 0 Å². The fraction of sp³-hybridized carbons (Fsp3) is 1.00. The van der Waals surface area contributed by atoms with Crippen LogP contribution in [-0.4, -0.2) is 35.4 Å². The zero-order valence-corrected chi connectivity index (χ0v) is 2.84. The molecule has 0 aromatic rings. The van der Waals surface area contributed by atoms with Crippen molar-refractivity contribution < 1.29 is 0 Å². The molecule has 0 N–H and O–H groups in total. The van der Waals surface area contributed by atoms with Crippen LogP contribution in [0.2, 0.25) is 0 Å². The van der Waals surface area contributed by atoms with Gasteiger partial charge in [0.05, 0.1) is 0 Å². The molecule has 0 radical (unpaired) electrons. The Balaban J connectivity index is 0. The topological polar surface area (TPSA) is 0 Å². The van der Waals surface area contributed by atoms with E-state index in [0.717, 1.165) is 5.88 Å². The molecule has 0 saturated carbocycles. The zero-order valence-electron chi connectivity index (χ0n) is 2.09. The summed E-state index contributed by atoms with van der Waals surface area (Å²) < 4.78 is 0. The molecule has 0 atom stereocenters. The van der Waals surface area contributed by atoms with E-state index in [9.17, 15) is 0 Å². The van der Waals surface area contributed by atoms with Crippen molar-refractivity contribution in [2.45, 2.75) is 6.92 Å². The Kier molecular flexibility index (Phi) is 19.9. The van der Waals surface area contributed by atoms with E-state index in [1.165, 1.54) is 0 Å². The van der Waals surface area contributed by atoms with Crippen molar-refractivity contribution in [2.75, 3.05) is 5.88 Å². The van der Waals surface area contributed by atoms with Crippen LogP contribution in [0.25, 0.3) is 0 Å². The molecule has 0 aliphatic rings. The van der Waals surface area contributed by atoms with Crippen LogP contribution >= 0.6 is 11.6 Å². The summed E-state index contributed by atoms with van der Waals surface area (Å²) >= 11 is 5.00. The van der Waals surface area contributed by atoms with Crippen molar-refractivity contribution in [2.24, 2.45) is 0 Å². The molecule has 22 valence electrons. The van der Waals surface area contributed by atoms with E-state index in [2.05, 4.69) is 0 Å². The molecule has 0 aromatic heterocycles. The van der Waals surface area contributed by atoms with Crippen LogP contribution in [0.1, 0.15) is 6.92 Å². The fourth-order valence-corrected chi connectivity index (χ4v) is 0. The van der Waals surface area contributed by atoms with Gasteiger partial charge in [-0.3, -0.25) is 0 Å². The number of alkyl halides is 1. The van der Waals surface area contributed by atoms with Crippen LogP contribution in [0.3, 0.4) is 0 Å². The van der Waals surface area contributed by atoms with Gasteiger partial charge in [0.25, 0.3) is 0 Å². The summed E-state index contributed by atoms with van der Waals surface area (Å²) in [5.41, 5.74) is 0. The van der Waals surface area contributed by atoms with Crippen LogP contribution in [-0.2, 0) is 0 Å². The Morgan fingerprint density at radius 2 is 1.75 bits per heavy atom. The number of halogens is 1. The average molecular weight is 88.5 g/mol. The first-order valence-electron chi connectivity index (χ1n) is 0.974. The molecule has 0 aromatic carbocycles. The van der Waals surface area contributed by atoms with Gasteiger partial charge in [0.2, 0.25) is 0 Å². The van der Waals surface area contributed by atoms with Gasteiger partial charge >= 0.3 is 29.6 Å². The normalized spacial score (nSPS) is 4.50. The molecule has 2 heteroatoms. The van der Waals surface area contributed by atoms with Crippen LogP contribution in [0.4, 0.5) is 0 Å². The summed E-state index contributed by atoms with van der Waals surface area (Å²) in [4.78, 5) is 0. The Bertz CT molecular complexity index is 6.00. The molecule has 0 saturated heterocycles. The van der Waals surface area contributed by atoms with Gasteiger partial charge in [0, 0.05) is 5.88 Å². The van der Waals surface area contributed by atoms with E-state index in [4.69, 9.17) is 11.6 Å². The van der Waals surface area contributed by atoms with Crippen LogP contribution in [0.5, 0.6) is 0 Å². The van der Waals surface area contributed by atoms with Gasteiger partial charge in [-0.15, -0.1) is 11.6 Å². The Labute approximate surface area is 53.8 Å². The molecule has 0 aliphatic heterocycles. The van der Waals surface area contributed by atoms with Gasteiger partial charge in [-0.25, -0.2) is 0 Å². The minimum atomic E-state index is 0.